The van der Waals surface area contributed by atoms with Crippen LogP contribution in [0, 0.1) is 5.92 Å². The second-order valence-electron chi connectivity index (χ2n) is 6.12. The molecule has 3 nitrogen and oxygen atoms in total. The average molecular weight is 238 g/mol. The number of nitrogens with zero attached hydrogens (tertiary/aromatic N) is 1. The van der Waals surface area contributed by atoms with Crippen LogP contribution < -0.4 is 5.32 Å². The Labute approximate surface area is 105 Å². The van der Waals surface area contributed by atoms with E-state index in [9.17, 15) is 4.79 Å². The van der Waals surface area contributed by atoms with Gasteiger partial charge in [-0.2, -0.15) is 0 Å². The summed E-state index contributed by atoms with van der Waals surface area (Å²) in [4.78, 5) is 14.6. The van der Waals surface area contributed by atoms with Crippen LogP contribution in [0.25, 0.3) is 0 Å². The van der Waals surface area contributed by atoms with Gasteiger partial charge in [-0.05, 0) is 38.0 Å². The summed E-state index contributed by atoms with van der Waals surface area (Å²) in [7, 11) is 0. The fraction of sp³-hybridized carbons (Fsp3) is 0.929. The van der Waals surface area contributed by atoms with E-state index in [1.807, 2.05) is 0 Å². The van der Waals surface area contributed by atoms with Crippen LogP contribution in [0.3, 0.4) is 0 Å². The molecular formula is C14H26N2O. The van der Waals surface area contributed by atoms with E-state index in [1.54, 1.807) is 0 Å². The standard InChI is InChI=1S/C14H26N2O/c1-10(2)15-13-5-4-8-16(14(13)17)12-7-6-11(3)9-12/h10-13,15H,4-9H2,1-3H3. The zero-order chi connectivity index (χ0) is 12.4. The summed E-state index contributed by atoms with van der Waals surface area (Å²) in [5.41, 5.74) is 0. The summed E-state index contributed by atoms with van der Waals surface area (Å²) >= 11 is 0. The number of carbonyl (C=O) groups excluding carboxylic acids is 1. The van der Waals surface area contributed by atoms with Crippen LogP contribution >= 0.6 is 0 Å². The molecular weight excluding hydrogens is 212 g/mol. The Hall–Kier alpha value is -0.570. The van der Waals surface area contributed by atoms with Gasteiger partial charge < -0.3 is 10.2 Å². The maximum atomic E-state index is 12.4. The van der Waals surface area contributed by atoms with Crippen LogP contribution in [-0.2, 0) is 4.79 Å². The van der Waals surface area contributed by atoms with Crippen molar-refractivity contribution in [2.45, 2.75) is 71.0 Å². The number of hydrogen-bond donors (Lipinski definition) is 1. The zero-order valence-electron chi connectivity index (χ0n) is 11.4. The first kappa shape index (κ1) is 12.9. The lowest BCUT2D eigenvalue weighted by atomic mass is 10.0. The van der Waals surface area contributed by atoms with Crippen molar-refractivity contribution >= 4 is 5.91 Å². The summed E-state index contributed by atoms with van der Waals surface area (Å²) in [5.74, 6) is 1.15. The average Bonchev–Trinajstić information content (AvgIpc) is 2.67. The number of hydrogen-bond acceptors (Lipinski definition) is 2. The molecule has 0 spiro atoms. The van der Waals surface area contributed by atoms with Gasteiger partial charge in [-0.3, -0.25) is 4.79 Å². The SMILES string of the molecule is CC1CCC(N2CCCC(NC(C)C)C2=O)C1. The molecule has 3 atom stereocenters. The Bertz CT molecular complexity index is 277. The molecule has 0 aromatic rings. The molecule has 1 amide bonds. The fourth-order valence-corrected chi connectivity index (χ4v) is 3.28. The molecule has 1 N–H and O–H groups in total. The summed E-state index contributed by atoms with van der Waals surface area (Å²) in [5, 5.41) is 3.40. The molecule has 0 aromatic carbocycles. The number of rotatable bonds is 3. The smallest absolute Gasteiger partial charge is 0.239 e. The largest absolute Gasteiger partial charge is 0.338 e. The zero-order valence-corrected chi connectivity index (χ0v) is 11.4. The minimum absolute atomic E-state index is 0.0691. The van der Waals surface area contributed by atoms with Gasteiger partial charge in [0.2, 0.25) is 5.91 Å². The Morgan fingerprint density at radius 1 is 1.29 bits per heavy atom. The normalized spacial score (nSPS) is 34.7. The first-order chi connectivity index (χ1) is 8.08. The highest BCUT2D eigenvalue weighted by Crippen LogP contribution is 2.31. The molecule has 2 aliphatic rings. The van der Waals surface area contributed by atoms with Crippen molar-refractivity contribution in [2.75, 3.05) is 6.54 Å². The van der Waals surface area contributed by atoms with Crippen molar-refractivity contribution in [2.24, 2.45) is 5.92 Å². The third-order valence-corrected chi connectivity index (χ3v) is 4.12. The van der Waals surface area contributed by atoms with E-state index in [1.165, 1.54) is 19.3 Å². The summed E-state index contributed by atoms with van der Waals surface area (Å²) in [6, 6.07) is 0.986. The Balaban J connectivity index is 1.96. The van der Waals surface area contributed by atoms with Crippen LogP contribution in [0.1, 0.15) is 52.9 Å². The number of nitrogens with one attached hydrogen (secondary N) is 1. The van der Waals surface area contributed by atoms with E-state index >= 15 is 0 Å². The maximum Gasteiger partial charge on any atom is 0.239 e. The van der Waals surface area contributed by atoms with E-state index in [4.69, 9.17) is 0 Å². The van der Waals surface area contributed by atoms with Crippen molar-refractivity contribution in [3.8, 4) is 0 Å². The second kappa shape index (κ2) is 5.38. The number of likely N-dealkylation sites (tertiary alicyclic amines) is 1. The lowest BCUT2D eigenvalue weighted by Gasteiger charge is -2.37. The number of carbonyl (C=O) groups is 1. The highest BCUT2D eigenvalue weighted by molar-refractivity contribution is 5.83. The van der Waals surface area contributed by atoms with E-state index in [0.29, 0.717) is 18.0 Å². The van der Waals surface area contributed by atoms with Gasteiger partial charge in [0.1, 0.15) is 0 Å². The van der Waals surface area contributed by atoms with Crippen molar-refractivity contribution in [3.05, 3.63) is 0 Å². The Morgan fingerprint density at radius 2 is 2.06 bits per heavy atom. The van der Waals surface area contributed by atoms with E-state index < -0.39 is 0 Å². The van der Waals surface area contributed by atoms with Gasteiger partial charge in [0, 0.05) is 18.6 Å². The molecule has 3 unspecified atom stereocenters. The van der Waals surface area contributed by atoms with Crippen LogP contribution in [0.2, 0.25) is 0 Å². The molecule has 2 fully saturated rings. The molecule has 2 rings (SSSR count). The quantitative estimate of drug-likeness (QED) is 0.817. The molecule has 0 aromatic heterocycles. The molecule has 0 radical (unpaired) electrons. The second-order valence-corrected chi connectivity index (χ2v) is 6.12. The molecule has 1 saturated heterocycles. The van der Waals surface area contributed by atoms with E-state index in [-0.39, 0.29) is 6.04 Å². The molecule has 0 bridgehead atoms. The van der Waals surface area contributed by atoms with E-state index in [2.05, 4.69) is 31.0 Å². The van der Waals surface area contributed by atoms with Crippen molar-refractivity contribution in [1.29, 1.82) is 0 Å². The van der Waals surface area contributed by atoms with Gasteiger partial charge in [0.25, 0.3) is 0 Å². The lowest BCUT2D eigenvalue weighted by molar-refractivity contribution is -0.138. The van der Waals surface area contributed by atoms with Gasteiger partial charge in [0.15, 0.2) is 0 Å². The number of piperidine rings is 1. The highest BCUT2D eigenvalue weighted by atomic mass is 16.2. The van der Waals surface area contributed by atoms with Crippen molar-refractivity contribution < 1.29 is 4.79 Å². The van der Waals surface area contributed by atoms with Gasteiger partial charge >= 0.3 is 0 Å². The molecule has 1 aliphatic carbocycles. The lowest BCUT2D eigenvalue weighted by Crippen LogP contribution is -2.54. The minimum atomic E-state index is 0.0691. The maximum absolute atomic E-state index is 12.4. The molecule has 1 saturated carbocycles. The first-order valence-electron chi connectivity index (χ1n) is 7.14. The Morgan fingerprint density at radius 3 is 2.65 bits per heavy atom. The summed E-state index contributed by atoms with van der Waals surface area (Å²) in [6.07, 6.45) is 5.87. The Kier molecular flexibility index (Phi) is 4.08. The number of amides is 1. The third-order valence-electron chi connectivity index (χ3n) is 4.12. The third kappa shape index (κ3) is 3.01. The summed E-state index contributed by atoms with van der Waals surface area (Å²) in [6.45, 7) is 7.51. The van der Waals surface area contributed by atoms with Gasteiger partial charge in [-0.1, -0.05) is 20.8 Å². The fourth-order valence-electron chi connectivity index (χ4n) is 3.28. The van der Waals surface area contributed by atoms with Crippen molar-refractivity contribution in [3.63, 3.8) is 0 Å². The summed E-state index contributed by atoms with van der Waals surface area (Å²) < 4.78 is 0. The van der Waals surface area contributed by atoms with Gasteiger partial charge in [0.05, 0.1) is 6.04 Å². The molecule has 3 heteroatoms. The van der Waals surface area contributed by atoms with Gasteiger partial charge in [-0.15, -0.1) is 0 Å². The highest BCUT2D eigenvalue weighted by Gasteiger charge is 2.35. The monoisotopic (exact) mass is 238 g/mol. The first-order valence-corrected chi connectivity index (χ1v) is 7.14. The molecule has 1 heterocycles. The van der Waals surface area contributed by atoms with Crippen molar-refractivity contribution in [1.82, 2.24) is 10.2 Å². The predicted octanol–water partition coefficient (Wildman–Crippen LogP) is 2.16. The molecule has 17 heavy (non-hydrogen) atoms. The topological polar surface area (TPSA) is 32.3 Å². The van der Waals surface area contributed by atoms with Crippen LogP contribution in [0.4, 0.5) is 0 Å². The van der Waals surface area contributed by atoms with Crippen LogP contribution in [0.5, 0.6) is 0 Å². The predicted molar refractivity (Wildman–Crippen MR) is 69.8 cm³/mol. The van der Waals surface area contributed by atoms with E-state index in [0.717, 1.165) is 25.3 Å². The molecule has 98 valence electrons. The van der Waals surface area contributed by atoms with Gasteiger partial charge in [-0.25, -0.2) is 0 Å². The minimum Gasteiger partial charge on any atom is -0.338 e. The van der Waals surface area contributed by atoms with Crippen LogP contribution in [-0.4, -0.2) is 35.5 Å². The van der Waals surface area contributed by atoms with Crippen LogP contribution in [0.15, 0.2) is 0 Å². The molecule has 1 aliphatic heterocycles.